The number of ether oxygens (including phenoxy) is 2. The zero-order valence-electron chi connectivity index (χ0n) is 10.9. The van der Waals surface area contributed by atoms with Crippen LogP contribution >= 0.6 is 0 Å². The first-order valence-electron chi connectivity index (χ1n) is 6.22. The van der Waals surface area contributed by atoms with Gasteiger partial charge in [-0.3, -0.25) is 4.90 Å². The van der Waals surface area contributed by atoms with Crippen molar-refractivity contribution in [3.63, 3.8) is 0 Å². The van der Waals surface area contributed by atoms with Crippen LogP contribution in [0.3, 0.4) is 0 Å². The molecule has 4 heteroatoms. The van der Waals surface area contributed by atoms with Crippen LogP contribution in [0.1, 0.15) is 13.3 Å². The Morgan fingerprint density at radius 1 is 1.19 bits per heavy atom. The van der Waals surface area contributed by atoms with Gasteiger partial charge in [-0.2, -0.15) is 0 Å². The van der Waals surface area contributed by atoms with Crippen molar-refractivity contribution in [1.29, 1.82) is 0 Å². The second-order valence-electron chi connectivity index (χ2n) is 4.56. The van der Waals surface area contributed by atoms with Crippen molar-refractivity contribution < 1.29 is 9.47 Å². The van der Waals surface area contributed by atoms with Crippen LogP contribution in [0.25, 0.3) is 0 Å². The van der Waals surface area contributed by atoms with Gasteiger partial charge in [0, 0.05) is 39.9 Å². The van der Waals surface area contributed by atoms with E-state index in [1.165, 1.54) is 6.42 Å². The topological polar surface area (TPSA) is 33.7 Å². The quantitative estimate of drug-likeness (QED) is 0.694. The van der Waals surface area contributed by atoms with Crippen LogP contribution in [0.5, 0.6) is 0 Å². The lowest BCUT2D eigenvalue weighted by molar-refractivity contribution is 0.0591. The summed E-state index contributed by atoms with van der Waals surface area (Å²) >= 11 is 0. The fourth-order valence-electron chi connectivity index (χ4n) is 2.32. The van der Waals surface area contributed by atoms with Crippen LogP contribution in [0.2, 0.25) is 0 Å². The Morgan fingerprint density at radius 2 is 1.81 bits per heavy atom. The summed E-state index contributed by atoms with van der Waals surface area (Å²) in [6, 6.07) is 0.624. The van der Waals surface area contributed by atoms with E-state index in [0.29, 0.717) is 6.04 Å². The first kappa shape index (κ1) is 13.9. The Hall–Kier alpha value is -0.160. The van der Waals surface area contributed by atoms with Gasteiger partial charge in [-0.1, -0.05) is 6.92 Å². The van der Waals surface area contributed by atoms with Crippen molar-refractivity contribution in [3.05, 3.63) is 0 Å². The molecule has 0 bridgehead atoms. The second-order valence-corrected chi connectivity index (χ2v) is 4.56. The summed E-state index contributed by atoms with van der Waals surface area (Å²) in [4.78, 5) is 2.49. The molecular weight excluding hydrogens is 204 g/mol. The predicted octanol–water partition coefficient (Wildman–Crippen LogP) is 0.579. The van der Waals surface area contributed by atoms with Crippen molar-refractivity contribution in [2.75, 3.05) is 53.6 Å². The largest absolute Gasteiger partial charge is 0.383 e. The third-order valence-corrected chi connectivity index (χ3v) is 3.42. The number of piperidine rings is 1. The zero-order valence-corrected chi connectivity index (χ0v) is 10.9. The van der Waals surface area contributed by atoms with E-state index in [0.717, 1.165) is 45.3 Å². The number of rotatable bonds is 7. The van der Waals surface area contributed by atoms with Crippen molar-refractivity contribution in [1.82, 2.24) is 10.2 Å². The Balaban J connectivity index is 2.44. The third kappa shape index (κ3) is 4.37. The lowest BCUT2D eigenvalue weighted by Crippen LogP contribution is -2.52. The number of hydrogen-bond acceptors (Lipinski definition) is 4. The van der Waals surface area contributed by atoms with Gasteiger partial charge in [0.25, 0.3) is 0 Å². The van der Waals surface area contributed by atoms with E-state index in [1.807, 2.05) is 0 Å². The molecule has 2 unspecified atom stereocenters. The molecule has 2 atom stereocenters. The Labute approximate surface area is 99.3 Å². The summed E-state index contributed by atoms with van der Waals surface area (Å²) in [5, 5.41) is 3.48. The van der Waals surface area contributed by atoms with Gasteiger partial charge in [-0.05, 0) is 18.9 Å². The van der Waals surface area contributed by atoms with Crippen LogP contribution < -0.4 is 5.32 Å². The SMILES string of the molecule is COCCN(CCOC)C1CNCCC1C. The van der Waals surface area contributed by atoms with Crippen LogP contribution in [0.4, 0.5) is 0 Å². The summed E-state index contributed by atoms with van der Waals surface area (Å²) in [6.07, 6.45) is 1.27. The Morgan fingerprint density at radius 3 is 2.31 bits per heavy atom. The Bertz CT molecular complexity index is 170. The summed E-state index contributed by atoms with van der Waals surface area (Å²) in [6.45, 7) is 8.18. The lowest BCUT2D eigenvalue weighted by Gasteiger charge is -2.38. The molecule has 1 saturated heterocycles. The van der Waals surface area contributed by atoms with E-state index in [9.17, 15) is 0 Å². The van der Waals surface area contributed by atoms with E-state index in [-0.39, 0.29) is 0 Å². The Kier molecular flexibility index (Phi) is 6.96. The van der Waals surface area contributed by atoms with Crippen LogP contribution in [0, 0.1) is 5.92 Å². The smallest absolute Gasteiger partial charge is 0.0589 e. The van der Waals surface area contributed by atoms with Gasteiger partial charge in [-0.15, -0.1) is 0 Å². The molecule has 0 spiro atoms. The van der Waals surface area contributed by atoms with E-state index in [4.69, 9.17) is 9.47 Å². The first-order chi connectivity index (χ1) is 7.79. The highest BCUT2D eigenvalue weighted by Crippen LogP contribution is 2.17. The highest BCUT2D eigenvalue weighted by Gasteiger charge is 2.26. The van der Waals surface area contributed by atoms with E-state index in [2.05, 4.69) is 17.1 Å². The molecule has 1 rings (SSSR count). The summed E-state index contributed by atoms with van der Waals surface area (Å²) in [5.41, 5.74) is 0. The van der Waals surface area contributed by atoms with Gasteiger partial charge in [0.2, 0.25) is 0 Å². The molecule has 96 valence electrons. The molecule has 0 aliphatic carbocycles. The minimum Gasteiger partial charge on any atom is -0.383 e. The molecular formula is C12H26N2O2. The molecule has 0 aromatic rings. The molecule has 1 N–H and O–H groups in total. The molecule has 0 aromatic carbocycles. The first-order valence-corrected chi connectivity index (χ1v) is 6.22. The number of methoxy groups -OCH3 is 2. The highest BCUT2D eigenvalue weighted by atomic mass is 16.5. The molecule has 0 radical (unpaired) electrons. The van der Waals surface area contributed by atoms with Crippen molar-refractivity contribution >= 4 is 0 Å². The zero-order chi connectivity index (χ0) is 11.8. The van der Waals surface area contributed by atoms with Gasteiger partial charge in [0.1, 0.15) is 0 Å². The average Bonchev–Trinajstić information content (AvgIpc) is 2.31. The molecule has 1 heterocycles. The van der Waals surface area contributed by atoms with Crippen LogP contribution in [-0.4, -0.2) is 64.6 Å². The van der Waals surface area contributed by atoms with Crippen LogP contribution in [0.15, 0.2) is 0 Å². The van der Waals surface area contributed by atoms with E-state index >= 15 is 0 Å². The van der Waals surface area contributed by atoms with Crippen molar-refractivity contribution in [2.45, 2.75) is 19.4 Å². The molecule has 16 heavy (non-hydrogen) atoms. The molecule has 0 aromatic heterocycles. The molecule has 4 nitrogen and oxygen atoms in total. The molecule has 1 aliphatic heterocycles. The maximum absolute atomic E-state index is 5.18. The summed E-state index contributed by atoms with van der Waals surface area (Å²) in [7, 11) is 3.52. The maximum atomic E-state index is 5.18. The molecule has 0 saturated carbocycles. The number of nitrogens with zero attached hydrogens (tertiary/aromatic N) is 1. The van der Waals surface area contributed by atoms with Crippen LogP contribution in [-0.2, 0) is 9.47 Å². The average molecular weight is 230 g/mol. The summed E-state index contributed by atoms with van der Waals surface area (Å²) in [5.74, 6) is 0.759. The van der Waals surface area contributed by atoms with Gasteiger partial charge in [0.15, 0.2) is 0 Å². The lowest BCUT2D eigenvalue weighted by atomic mass is 9.93. The van der Waals surface area contributed by atoms with Crippen molar-refractivity contribution in [3.8, 4) is 0 Å². The standard InChI is InChI=1S/C12H26N2O2/c1-11-4-5-13-10-12(11)14(6-8-15-2)7-9-16-3/h11-13H,4-10H2,1-3H3. The van der Waals surface area contributed by atoms with Crippen molar-refractivity contribution in [2.24, 2.45) is 5.92 Å². The molecule has 1 fully saturated rings. The number of hydrogen-bond donors (Lipinski definition) is 1. The van der Waals surface area contributed by atoms with Gasteiger partial charge in [0.05, 0.1) is 13.2 Å². The van der Waals surface area contributed by atoms with Gasteiger partial charge in [-0.25, -0.2) is 0 Å². The fraction of sp³-hybridized carbons (Fsp3) is 1.00. The summed E-state index contributed by atoms with van der Waals surface area (Å²) < 4.78 is 10.4. The third-order valence-electron chi connectivity index (χ3n) is 3.42. The predicted molar refractivity (Wildman–Crippen MR) is 65.8 cm³/mol. The maximum Gasteiger partial charge on any atom is 0.0589 e. The normalized spacial score (nSPS) is 26.2. The fourth-order valence-corrected chi connectivity index (χ4v) is 2.32. The minimum atomic E-state index is 0.624. The van der Waals surface area contributed by atoms with Gasteiger partial charge < -0.3 is 14.8 Å². The van der Waals surface area contributed by atoms with E-state index < -0.39 is 0 Å². The van der Waals surface area contributed by atoms with E-state index in [1.54, 1.807) is 14.2 Å². The second kappa shape index (κ2) is 8.01. The monoisotopic (exact) mass is 230 g/mol. The molecule has 1 aliphatic rings. The number of nitrogens with one attached hydrogen (secondary N) is 1. The molecule has 0 amide bonds. The van der Waals surface area contributed by atoms with Gasteiger partial charge >= 0.3 is 0 Å². The highest BCUT2D eigenvalue weighted by molar-refractivity contribution is 4.83. The minimum absolute atomic E-state index is 0.624.